The van der Waals surface area contributed by atoms with E-state index in [4.69, 9.17) is 32.7 Å². The Morgan fingerprint density at radius 2 is 1.60 bits per heavy atom. The molecular weight excluding hydrogens is 449 g/mol. The number of methoxy groups -OCH3 is 2. The number of sulfonamides is 1. The summed E-state index contributed by atoms with van der Waals surface area (Å²) in [5.41, 5.74) is 0.870. The molecule has 3 aromatic carbocycles. The molecule has 0 aliphatic carbocycles. The van der Waals surface area contributed by atoms with Crippen LogP contribution in [0.2, 0.25) is 10.0 Å². The van der Waals surface area contributed by atoms with Gasteiger partial charge in [0.25, 0.3) is 10.0 Å². The average molecular weight is 468 g/mol. The van der Waals surface area contributed by atoms with E-state index in [0.29, 0.717) is 26.9 Å². The van der Waals surface area contributed by atoms with Crippen LogP contribution in [0.1, 0.15) is 17.2 Å². The fraction of sp³-hybridized carbons (Fsp3) is 0.143. The van der Waals surface area contributed by atoms with Gasteiger partial charge in [0.15, 0.2) is 11.5 Å². The Balaban J connectivity index is 2.02. The number of hydrogen-bond acceptors (Lipinski definition) is 5. The van der Waals surface area contributed by atoms with Crippen LogP contribution in [-0.2, 0) is 10.0 Å². The zero-order valence-electron chi connectivity index (χ0n) is 16.1. The summed E-state index contributed by atoms with van der Waals surface area (Å²) in [6.45, 7) is 0. The van der Waals surface area contributed by atoms with E-state index >= 15 is 0 Å². The first kappa shape index (κ1) is 22.2. The van der Waals surface area contributed by atoms with Gasteiger partial charge in [-0.15, -0.1) is 0 Å². The van der Waals surface area contributed by atoms with Crippen LogP contribution in [0.15, 0.2) is 65.6 Å². The summed E-state index contributed by atoms with van der Waals surface area (Å²) in [5, 5.41) is 11.5. The second kappa shape index (κ2) is 9.14. The third-order valence-corrected chi connectivity index (χ3v) is 6.36. The summed E-state index contributed by atoms with van der Waals surface area (Å²) in [4.78, 5) is -0.0432. The van der Waals surface area contributed by atoms with Gasteiger partial charge in [-0.1, -0.05) is 47.5 Å². The van der Waals surface area contributed by atoms with E-state index in [9.17, 15) is 13.5 Å². The largest absolute Gasteiger partial charge is 0.493 e. The lowest BCUT2D eigenvalue weighted by atomic mass is 10.00. The van der Waals surface area contributed by atoms with Gasteiger partial charge >= 0.3 is 0 Å². The van der Waals surface area contributed by atoms with Crippen molar-refractivity contribution in [1.82, 2.24) is 0 Å². The summed E-state index contributed by atoms with van der Waals surface area (Å²) in [5.74, 6) is 0.664. The Hall–Kier alpha value is -2.45. The molecule has 9 heteroatoms. The molecule has 3 rings (SSSR count). The number of benzene rings is 3. The second-order valence-corrected chi connectivity index (χ2v) is 8.80. The van der Waals surface area contributed by atoms with E-state index in [1.807, 2.05) is 0 Å². The fourth-order valence-corrected chi connectivity index (χ4v) is 4.41. The molecule has 1 atom stereocenters. The Morgan fingerprint density at radius 3 is 2.27 bits per heavy atom. The number of aliphatic hydroxyl groups excluding tert-OH is 1. The van der Waals surface area contributed by atoms with Crippen molar-refractivity contribution in [2.24, 2.45) is 0 Å². The molecule has 0 radical (unpaired) electrons. The van der Waals surface area contributed by atoms with Crippen LogP contribution in [-0.4, -0.2) is 27.7 Å². The number of ether oxygens (including phenoxy) is 2. The maximum Gasteiger partial charge on any atom is 0.262 e. The molecule has 6 nitrogen and oxygen atoms in total. The first-order chi connectivity index (χ1) is 14.3. The van der Waals surface area contributed by atoms with E-state index in [1.54, 1.807) is 36.4 Å². The van der Waals surface area contributed by atoms with Gasteiger partial charge in [-0.2, -0.15) is 0 Å². The van der Waals surface area contributed by atoms with Gasteiger partial charge in [-0.3, -0.25) is 4.72 Å². The fourth-order valence-electron chi connectivity index (χ4n) is 2.91. The summed E-state index contributed by atoms with van der Waals surface area (Å²) in [6, 6.07) is 15.5. The summed E-state index contributed by atoms with van der Waals surface area (Å²) in [7, 11) is -1.15. The third-order valence-electron chi connectivity index (χ3n) is 4.42. The number of rotatable bonds is 7. The van der Waals surface area contributed by atoms with Crippen molar-refractivity contribution in [3.63, 3.8) is 0 Å². The molecule has 0 bridgehead atoms. The van der Waals surface area contributed by atoms with Crippen LogP contribution in [0.4, 0.5) is 5.69 Å². The third kappa shape index (κ3) is 4.65. The zero-order valence-corrected chi connectivity index (χ0v) is 18.4. The topological polar surface area (TPSA) is 84.9 Å². The predicted octanol–water partition coefficient (Wildman–Crippen LogP) is 4.89. The number of aliphatic hydroxyl groups is 1. The molecule has 158 valence electrons. The molecule has 1 unspecified atom stereocenters. The Labute approximate surface area is 185 Å². The number of hydrogen-bond donors (Lipinski definition) is 2. The second-order valence-electron chi connectivity index (χ2n) is 6.28. The highest BCUT2D eigenvalue weighted by Crippen LogP contribution is 2.36. The predicted molar refractivity (Wildman–Crippen MR) is 117 cm³/mol. The Bertz CT molecular complexity index is 1170. The van der Waals surface area contributed by atoms with E-state index in [1.165, 1.54) is 38.5 Å². The molecule has 0 saturated carbocycles. The van der Waals surface area contributed by atoms with Crippen molar-refractivity contribution in [1.29, 1.82) is 0 Å². The molecule has 0 spiro atoms. The maximum atomic E-state index is 13.0. The molecule has 0 fully saturated rings. The van der Waals surface area contributed by atoms with Gasteiger partial charge in [0.05, 0.1) is 24.8 Å². The van der Waals surface area contributed by atoms with E-state index in [-0.39, 0.29) is 16.3 Å². The normalized spacial score (nSPS) is 12.3. The minimum atomic E-state index is -4.02. The van der Waals surface area contributed by atoms with Gasteiger partial charge < -0.3 is 14.6 Å². The van der Waals surface area contributed by atoms with Crippen LogP contribution in [0, 0.1) is 0 Å². The highest BCUT2D eigenvalue weighted by atomic mass is 35.5. The smallest absolute Gasteiger partial charge is 0.262 e. The summed E-state index contributed by atoms with van der Waals surface area (Å²) in [6.07, 6.45) is -1.17. The molecule has 0 aromatic heterocycles. The molecule has 0 aliphatic heterocycles. The molecule has 0 aliphatic rings. The first-order valence-corrected chi connectivity index (χ1v) is 11.0. The van der Waals surface area contributed by atoms with Crippen LogP contribution >= 0.6 is 23.2 Å². The summed E-state index contributed by atoms with van der Waals surface area (Å²) < 4.78 is 38.8. The highest BCUT2D eigenvalue weighted by molar-refractivity contribution is 7.92. The van der Waals surface area contributed by atoms with Gasteiger partial charge in [0, 0.05) is 27.2 Å². The van der Waals surface area contributed by atoms with E-state index in [0.717, 1.165) is 0 Å². The van der Waals surface area contributed by atoms with Gasteiger partial charge in [0.1, 0.15) is 6.10 Å². The minimum absolute atomic E-state index is 0.0432. The SMILES string of the molecule is COc1ccc(S(=O)(=O)Nc2cc(Cl)ccc2C(O)c2ccccc2Cl)cc1OC. The van der Waals surface area contributed by atoms with Crippen LogP contribution in [0.25, 0.3) is 0 Å². The zero-order chi connectivity index (χ0) is 21.9. The lowest BCUT2D eigenvalue weighted by Crippen LogP contribution is -2.16. The lowest BCUT2D eigenvalue weighted by Gasteiger charge is -2.19. The highest BCUT2D eigenvalue weighted by Gasteiger charge is 2.23. The first-order valence-electron chi connectivity index (χ1n) is 8.73. The average Bonchev–Trinajstić information content (AvgIpc) is 2.73. The van der Waals surface area contributed by atoms with Crippen molar-refractivity contribution in [2.75, 3.05) is 18.9 Å². The molecule has 0 amide bonds. The molecular formula is C21H19Cl2NO5S. The Morgan fingerprint density at radius 1 is 0.900 bits per heavy atom. The van der Waals surface area contributed by atoms with Crippen molar-refractivity contribution < 1.29 is 23.0 Å². The number of halogens is 2. The van der Waals surface area contributed by atoms with Gasteiger partial charge in [-0.05, 0) is 30.3 Å². The molecule has 2 N–H and O–H groups in total. The van der Waals surface area contributed by atoms with Crippen LogP contribution in [0.3, 0.4) is 0 Å². The van der Waals surface area contributed by atoms with Crippen molar-refractivity contribution >= 4 is 38.9 Å². The molecule has 0 heterocycles. The summed E-state index contributed by atoms with van der Waals surface area (Å²) >= 11 is 12.3. The molecule has 30 heavy (non-hydrogen) atoms. The lowest BCUT2D eigenvalue weighted by molar-refractivity contribution is 0.221. The van der Waals surface area contributed by atoms with Crippen molar-refractivity contribution in [3.8, 4) is 11.5 Å². The standard InChI is InChI=1S/C21H19Cl2NO5S/c1-28-19-10-8-14(12-20(19)29-2)30(26,27)24-18-11-13(22)7-9-16(18)21(25)15-5-3-4-6-17(15)23/h3-12,21,24-25H,1-2H3. The van der Waals surface area contributed by atoms with Crippen molar-refractivity contribution in [2.45, 2.75) is 11.0 Å². The maximum absolute atomic E-state index is 13.0. The quantitative estimate of drug-likeness (QED) is 0.516. The van der Waals surface area contributed by atoms with Crippen LogP contribution in [0.5, 0.6) is 11.5 Å². The molecule has 3 aromatic rings. The van der Waals surface area contributed by atoms with Gasteiger partial charge in [-0.25, -0.2) is 8.42 Å². The number of nitrogens with one attached hydrogen (secondary N) is 1. The number of anilines is 1. The van der Waals surface area contributed by atoms with E-state index < -0.39 is 16.1 Å². The monoisotopic (exact) mass is 467 g/mol. The van der Waals surface area contributed by atoms with E-state index in [2.05, 4.69) is 4.72 Å². The van der Waals surface area contributed by atoms with Crippen molar-refractivity contribution in [3.05, 3.63) is 81.8 Å². The Kier molecular flexibility index (Phi) is 6.77. The van der Waals surface area contributed by atoms with Crippen LogP contribution < -0.4 is 14.2 Å². The van der Waals surface area contributed by atoms with Gasteiger partial charge in [0.2, 0.25) is 0 Å². The molecule has 0 saturated heterocycles. The minimum Gasteiger partial charge on any atom is -0.493 e.